The lowest BCUT2D eigenvalue weighted by molar-refractivity contribution is 0.0745. The van der Waals surface area contributed by atoms with Gasteiger partial charge in [-0.15, -0.1) is 0 Å². The molecule has 1 heterocycles. The highest BCUT2D eigenvalue weighted by molar-refractivity contribution is 5.27. The molecule has 0 bridgehead atoms. The average molecular weight is 236 g/mol. The molecule has 3 nitrogen and oxygen atoms in total. The Morgan fingerprint density at radius 1 is 1.24 bits per heavy atom. The van der Waals surface area contributed by atoms with Gasteiger partial charge >= 0.3 is 0 Å². The number of nitrogens with zero attached hydrogens (tertiary/aromatic N) is 2. The molecule has 2 rings (SSSR count). The largest absolute Gasteiger partial charge is 0.388 e. The number of aromatic nitrogens is 2. The lowest BCUT2D eigenvalue weighted by atomic mass is 9.78. The first-order chi connectivity index (χ1) is 8.00. The van der Waals surface area contributed by atoms with Crippen molar-refractivity contribution in [2.75, 3.05) is 0 Å². The fourth-order valence-corrected chi connectivity index (χ4v) is 3.06. The summed E-state index contributed by atoms with van der Waals surface area (Å²) in [7, 11) is 1.95. The van der Waals surface area contributed by atoms with Crippen molar-refractivity contribution in [3.63, 3.8) is 0 Å². The highest BCUT2D eigenvalue weighted by atomic mass is 16.3. The van der Waals surface area contributed by atoms with Crippen molar-refractivity contribution in [2.45, 2.75) is 52.6 Å². The Morgan fingerprint density at radius 2 is 1.82 bits per heavy atom. The van der Waals surface area contributed by atoms with E-state index in [0.717, 1.165) is 35.7 Å². The Morgan fingerprint density at radius 3 is 2.29 bits per heavy atom. The predicted molar refractivity (Wildman–Crippen MR) is 68.8 cm³/mol. The maximum Gasteiger partial charge on any atom is 0.0853 e. The van der Waals surface area contributed by atoms with Crippen LogP contribution < -0.4 is 0 Å². The van der Waals surface area contributed by atoms with Crippen LogP contribution in [0.3, 0.4) is 0 Å². The van der Waals surface area contributed by atoms with Crippen LogP contribution in [0.15, 0.2) is 0 Å². The van der Waals surface area contributed by atoms with Gasteiger partial charge in [0.25, 0.3) is 0 Å². The quantitative estimate of drug-likeness (QED) is 0.857. The molecule has 96 valence electrons. The van der Waals surface area contributed by atoms with E-state index < -0.39 is 0 Å². The third kappa shape index (κ3) is 2.39. The highest BCUT2D eigenvalue weighted by Crippen LogP contribution is 2.38. The zero-order valence-electron chi connectivity index (χ0n) is 11.4. The van der Waals surface area contributed by atoms with Gasteiger partial charge in [0.15, 0.2) is 0 Å². The van der Waals surface area contributed by atoms with Crippen molar-refractivity contribution in [2.24, 2.45) is 18.9 Å². The molecular formula is C14H24N2O. The SMILES string of the molecule is Cc1nn(C)c(C)c1C(O)C1CCC(C)CC1. The summed E-state index contributed by atoms with van der Waals surface area (Å²) in [6.45, 7) is 6.35. The molecule has 0 aromatic carbocycles. The average Bonchev–Trinajstić information content (AvgIpc) is 2.53. The summed E-state index contributed by atoms with van der Waals surface area (Å²) in [6, 6.07) is 0. The van der Waals surface area contributed by atoms with Crippen LogP contribution in [-0.2, 0) is 7.05 Å². The molecule has 1 saturated carbocycles. The van der Waals surface area contributed by atoms with Gasteiger partial charge in [-0.2, -0.15) is 5.10 Å². The molecule has 1 fully saturated rings. The topological polar surface area (TPSA) is 38.0 Å². The molecule has 0 amide bonds. The van der Waals surface area contributed by atoms with Crippen LogP contribution in [0.5, 0.6) is 0 Å². The lowest BCUT2D eigenvalue weighted by Gasteiger charge is -2.30. The predicted octanol–water partition coefficient (Wildman–Crippen LogP) is 2.90. The second-order valence-electron chi connectivity index (χ2n) is 5.67. The van der Waals surface area contributed by atoms with Crippen LogP contribution in [-0.4, -0.2) is 14.9 Å². The van der Waals surface area contributed by atoms with Crippen LogP contribution >= 0.6 is 0 Å². The number of aryl methyl sites for hydroxylation is 2. The van der Waals surface area contributed by atoms with Crippen LogP contribution in [0.4, 0.5) is 0 Å². The summed E-state index contributed by atoms with van der Waals surface area (Å²) in [5.41, 5.74) is 3.15. The van der Waals surface area contributed by atoms with Crippen LogP contribution in [0.2, 0.25) is 0 Å². The Bertz CT molecular complexity index is 389. The summed E-state index contributed by atoms with van der Waals surface area (Å²) in [5.74, 6) is 1.25. The van der Waals surface area contributed by atoms with Gasteiger partial charge < -0.3 is 5.11 Å². The minimum Gasteiger partial charge on any atom is -0.388 e. The first-order valence-electron chi connectivity index (χ1n) is 6.68. The molecule has 1 unspecified atom stereocenters. The lowest BCUT2D eigenvalue weighted by Crippen LogP contribution is -2.20. The monoisotopic (exact) mass is 236 g/mol. The summed E-state index contributed by atoms with van der Waals surface area (Å²) in [6.07, 6.45) is 4.48. The molecule has 0 spiro atoms. The van der Waals surface area contributed by atoms with Crippen molar-refractivity contribution in [1.82, 2.24) is 9.78 Å². The fraction of sp³-hybridized carbons (Fsp3) is 0.786. The third-order valence-electron chi connectivity index (χ3n) is 4.37. The van der Waals surface area contributed by atoms with E-state index in [1.165, 1.54) is 12.8 Å². The van der Waals surface area contributed by atoms with Crippen molar-refractivity contribution >= 4 is 0 Å². The van der Waals surface area contributed by atoms with Gasteiger partial charge in [-0.25, -0.2) is 0 Å². The fourth-order valence-electron chi connectivity index (χ4n) is 3.06. The number of hydrogen-bond acceptors (Lipinski definition) is 2. The molecule has 1 aliphatic rings. The van der Waals surface area contributed by atoms with E-state index in [0.29, 0.717) is 5.92 Å². The van der Waals surface area contributed by atoms with Gasteiger partial charge in [-0.1, -0.05) is 19.8 Å². The maximum atomic E-state index is 10.6. The van der Waals surface area contributed by atoms with Crippen LogP contribution in [0.25, 0.3) is 0 Å². The van der Waals surface area contributed by atoms with Crippen molar-refractivity contribution < 1.29 is 5.11 Å². The van der Waals surface area contributed by atoms with Gasteiger partial charge in [0.1, 0.15) is 0 Å². The number of aliphatic hydroxyl groups excluding tert-OH is 1. The third-order valence-corrected chi connectivity index (χ3v) is 4.37. The molecular weight excluding hydrogens is 212 g/mol. The molecule has 1 N–H and O–H groups in total. The second-order valence-corrected chi connectivity index (χ2v) is 5.67. The number of hydrogen-bond donors (Lipinski definition) is 1. The molecule has 3 heteroatoms. The van der Waals surface area contributed by atoms with Gasteiger partial charge in [0, 0.05) is 18.3 Å². The molecule has 1 aliphatic carbocycles. The standard InChI is InChI=1S/C14H24N2O/c1-9-5-7-12(8-6-9)14(17)13-10(2)15-16(4)11(13)3/h9,12,14,17H,5-8H2,1-4H3. The molecule has 0 saturated heterocycles. The number of aliphatic hydroxyl groups is 1. The van der Waals surface area contributed by atoms with Crippen LogP contribution in [0.1, 0.15) is 55.7 Å². The molecule has 0 aliphatic heterocycles. The van der Waals surface area contributed by atoms with Crippen molar-refractivity contribution in [1.29, 1.82) is 0 Å². The maximum absolute atomic E-state index is 10.6. The van der Waals surface area contributed by atoms with E-state index >= 15 is 0 Å². The molecule has 1 aromatic rings. The van der Waals surface area contributed by atoms with Crippen molar-refractivity contribution in [3.8, 4) is 0 Å². The first kappa shape index (κ1) is 12.6. The van der Waals surface area contributed by atoms with E-state index in [4.69, 9.17) is 0 Å². The zero-order valence-corrected chi connectivity index (χ0v) is 11.4. The normalized spacial score (nSPS) is 27.1. The smallest absolute Gasteiger partial charge is 0.0853 e. The van der Waals surface area contributed by atoms with Gasteiger partial charge in [0.05, 0.1) is 11.8 Å². The minimum atomic E-state index is -0.323. The summed E-state index contributed by atoms with van der Waals surface area (Å²) in [5, 5.41) is 15.0. The van der Waals surface area contributed by atoms with Crippen LogP contribution in [0, 0.1) is 25.7 Å². The van der Waals surface area contributed by atoms with E-state index in [1.807, 2.05) is 25.6 Å². The van der Waals surface area contributed by atoms with E-state index in [9.17, 15) is 5.11 Å². The zero-order chi connectivity index (χ0) is 12.6. The van der Waals surface area contributed by atoms with E-state index in [2.05, 4.69) is 12.0 Å². The molecule has 0 radical (unpaired) electrons. The second kappa shape index (κ2) is 4.81. The molecule has 1 atom stereocenters. The molecule has 1 aromatic heterocycles. The Hall–Kier alpha value is -0.830. The van der Waals surface area contributed by atoms with Gasteiger partial charge in [-0.3, -0.25) is 4.68 Å². The van der Waals surface area contributed by atoms with Gasteiger partial charge in [0.2, 0.25) is 0 Å². The minimum absolute atomic E-state index is 0.323. The molecule has 17 heavy (non-hydrogen) atoms. The first-order valence-corrected chi connectivity index (χ1v) is 6.68. The van der Waals surface area contributed by atoms with E-state index in [-0.39, 0.29) is 6.10 Å². The van der Waals surface area contributed by atoms with E-state index in [1.54, 1.807) is 0 Å². The van der Waals surface area contributed by atoms with Gasteiger partial charge in [-0.05, 0) is 38.5 Å². The summed E-state index contributed by atoms with van der Waals surface area (Å²) >= 11 is 0. The highest BCUT2D eigenvalue weighted by Gasteiger charge is 2.29. The van der Waals surface area contributed by atoms with Crippen molar-refractivity contribution in [3.05, 3.63) is 17.0 Å². The summed E-state index contributed by atoms with van der Waals surface area (Å²) < 4.78 is 1.87. The Kier molecular flexibility index (Phi) is 3.57. The number of rotatable bonds is 2. The Labute approximate surface area is 104 Å². The Balaban J connectivity index is 2.16. The summed E-state index contributed by atoms with van der Waals surface area (Å²) in [4.78, 5) is 0.